The highest BCUT2D eigenvalue weighted by Gasteiger charge is 2.22. The molecular weight excluding hydrogens is 204 g/mol. The van der Waals surface area contributed by atoms with E-state index in [0.717, 1.165) is 12.8 Å². The lowest BCUT2D eigenvalue weighted by Gasteiger charge is -2.23. The first-order valence-electron chi connectivity index (χ1n) is 5.49. The lowest BCUT2D eigenvalue weighted by molar-refractivity contribution is 0.00386. The van der Waals surface area contributed by atoms with Crippen LogP contribution in [0.1, 0.15) is 33.6 Å². The van der Waals surface area contributed by atoms with E-state index >= 15 is 0 Å². The summed E-state index contributed by atoms with van der Waals surface area (Å²) in [5.74, 6) is 0.500. The molecule has 0 saturated carbocycles. The molecule has 0 aliphatic carbocycles. The Labute approximate surface area is 96.4 Å². The van der Waals surface area contributed by atoms with Crippen LogP contribution < -0.4 is 4.74 Å². The van der Waals surface area contributed by atoms with Crippen LogP contribution in [0.25, 0.3) is 0 Å². The number of para-hydroxylation sites is 1. The summed E-state index contributed by atoms with van der Waals surface area (Å²) in [6.45, 7) is 5.80. The third kappa shape index (κ3) is 4.34. The molecule has 88 valence electrons. The van der Waals surface area contributed by atoms with E-state index in [0.29, 0.717) is 5.75 Å². The molecule has 3 nitrogen and oxygen atoms in total. The zero-order valence-electron chi connectivity index (χ0n) is 10.0. The van der Waals surface area contributed by atoms with Crippen molar-refractivity contribution in [2.75, 3.05) is 0 Å². The topological polar surface area (TPSA) is 35.5 Å². The Morgan fingerprint density at radius 2 is 1.88 bits per heavy atom. The molecule has 0 atom stereocenters. The molecule has 0 bridgehead atoms. The summed E-state index contributed by atoms with van der Waals surface area (Å²) < 4.78 is 10.3. The normalized spacial score (nSPS) is 10.9. The van der Waals surface area contributed by atoms with Gasteiger partial charge in [-0.25, -0.2) is 4.79 Å². The molecule has 0 amide bonds. The summed E-state index contributed by atoms with van der Waals surface area (Å²) in [4.78, 5) is 11.5. The quantitative estimate of drug-likeness (QED) is 0.574. The smallest absolute Gasteiger partial charge is 0.428 e. The number of carbonyl (C=O) groups excluding carboxylic acids is 1. The zero-order chi connectivity index (χ0) is 12.0. The highest BCUT2D eigenvalue weighted by molar-refractivity contribution is 5.64. The van der Waals surface area contributed by atoms with E-state index in [9.17, 15) is 4.79 Å². The summed E-state index contributed by atoms with van der Waals surface area (Å²) in [5.41, 5.74) is -0.472. The van der Waals surface area contributed by atoms with E-state index in [1.807, 2.05) is 26.8 Å². The molecule has 0 unspecified atom stereocenters. The van der Waals surface area contributed by atoms with Crippen LogP contribution >= 0.6 is 0 Å². The van der Waals surface area contributed by atoms with E-state index in [2.05, 4.69) is 0 Å². The second-order valence-electron chi connectivity index (χ2n) is 4.28. The summed E-state index contributed by atoms with van der Waals surface area (Å²) in [6, 6.07) is 8.90. The maximum Gasteiger partial charge on any atom is 0.514 e. The van der Waals surface area contributed by atoms with Gasteiger partial charge in [0.15, 0.2) is 0 Å². The van der Waals surface area contributed by atoms with Crippen molar-refractivity contribution < 1.29 is 14.3 Å². The van der Waals surface area contributed by atoms with Gasteiger partial charge in [-0.2, -0.15) is 0 Å². The predicted molar refractivity (Wildman–Crippen MR) is 62.5 cm³/mol. The van der Waals surface area contributed by atoms with Crippen molar-refractivity contribution in [2.45, 2.75) is 39.2 Å². The second kappa shape index (κ2) is 5.54. The lowest BCUT2D eigenvalue weighted by Crippen LogP contribution is -2.29. The van der Waals surface area contributed by atoms with Crippen LogP contribution in [0.5, 0.6) is 5.75 Å². The lowest BCUT2D eigenvalue weighted by atomic mass is 10.0. The second-order valence-corrected chi connectivity index (χ2v) is 4.28. The van der Waals surface area contributed by atoms with Gasteiger partial charge >= 0.3 is 6.16 Å². The molecule has 1 aromatic rings. The summed E-state index contributed by atoms with van der Waals surface area (Å²) in [6.07, 6.45) is 1.13. The van der Waals surface area contributed by atoms with Crippen LogP contribution in [-0.4, -0.2) is 11.8 Å². The monoisotopic (exact) mass is 222 g/mol. The van der Waals surface area contributed by atoms with E-state index in [4.69, 9.17) is 9.47 Å². The molecule has 0 aliphatic heterocycles. The van der Waals surface area contributed by atoms with Crippen molar-refractivity contribution in [1.82, 2.24) is 0 Å². The highest BCUT2D eigenvalue weighted by atomic mass is 16.7. The van der Waals surface area contributed by atoms with Crippen LogP contribution in [0.2, 0.25) is 0 Å². The van der Waals surface area contributed by atoms with Gasteiger partial charge in [0.05, 0.1) is 0 Å². The molecule has 0 radical (unpaired) electrons. The molecular formula is C13H18O3. The highest BCUT2D eigenvalue weighted by Crippen LogP contribution is 2.18. The average molecular weight is 222 g/mol. The van der Waals surface area contributed by atoms with E-state index in [1.54, 1.807) is 24.3 Å². The summed E-state index contributed by atoms with van der Waals surface area (Å²) >= 11 is 0. The molecule has 0 saturated heterocycles. The van der Waals surface area contributed by atoms with Crippen LogP contribution in [0.3, 0.4) is 0 Å². The van der Waals surface area contributed by atoms with Crippen LogP contribution in [0.15, 0.2) is 30.3 Å². The van der Waals surface area contributed by atoms with Crippen molar-refractivity contribution >= 4 is 6.16 Å². The molecule has 0 spiro atoms. The predicted octanol–water partition coefficient (Wildman–Crippen LogP) is 3.78. The number of hydrogen-bond donors (Lipinski definition) is 0. The number of hydrogen-bond acceptors (Lipinski definition) is 3. The molecule has 0 N–H and O–H groups in total. The fourth-order valence-electron chi connectivity index (χ4n) is 1.48. The van der Waals surface area contributed by atoms with Gasteiger partial charge in [-0.15, -0.1) is 0 Å². The third-order valence-electron chi connectivity index (χ3n) is 2.16. The Hall–Kier alpha value is -1.51. The Balaban J connectivity index is 2.48. The van der Waals surface area contributed by atoms with Gasteiger partial charge < -0.3 is 9.47 Å². The molecule has 3 heteroatoms. The van der Waals surface area contributed by atoms with Gasteiger partial charge in [-0.3, -0.25) is 0 Å². The first-order chi connectivity index (χ1) is 7.53. The van der Waals surface area contributed by atoms with Crippen molar-refractivity contribution in [3.63, 3.8) is 0 Å². The van der Waals surface area contributed by atoms with E-state index in [1.165, 1.54) is 0 Å². The molecule has 1 rings (SSSR count). The minimum absolute atomic E-state index is 0.472. The Bertz CT molecular complexity index is 330. The van der Waals surface area contributed by atoms with E-state index < -0.39 is 11.8 Å². The third-order valence-corrected chi connectivity index (χ3v) is 2.16. The number of ether oxygens (including phenoxy) is 2. The van der Waals surface area contributed by atoms with Crippen LogP contribution in [-0.2, 0) is 4.74 Å². The SMILES string of the molecule is CCCC(C)(C)OC(=O)Oc1ccccc1. The Morgan fingerprint density at radius 1 is 1.25 bits per heavy atom. The maximum absolute atomic E-state index is 11.5. The Kier molecular flexibility index (Phi) is 4.35. The average Bonchev–Trinajstić information content (AvgIpc) is 2.17. The zero-order valence-corrected chi connectivity index (χ0v) is 10.0. The van der Waals surface area contributed by atoms with Crippen LogP contribution in [0, 0.1) is 0 Å². The summed E-state index contributed by atoms with van der Waals surface area (Å²) in [7, 11) is 0. The first kappa shape index (κ1) is 12.6. The minimum atomic E-state index is -0.648. The molecule has 0 heterocycles. The van der Waals surface area contributed by atoms with Gasteiger partial charge in [0.1, 0.15) is 11.4 Å². The standard InChI is InChI=1S/C13H18O3/c1-4-10-13(2,3)16-12(14)15-11-8-6-5-7-9-11/h5-9H,4,10H2,1-3H3. The molecule has 0 fully saturated rings. The fourth-order valence-corrected chi connectivity index (χ4v) is 1.48. The maximum atomic E-state index is 11.5. The molecule has 1 aromatic carbocycles. The first-order valence-corrected chi connectivity index (χ1v) is 5.49. The summed E-state index contributed by atoms with van der Waals surface area (Å²) in [5, 5.41) is 0. The van der Waals surface area contributed by atoms with Gasteiger partial charge in [-0.1, -0.05) is 31.5 Å². The largest absolute Gasteiger partial charge is 0.514 e. The van der Waals surface area contributed by atoms with E-state index in [-0.39, 0.29) is 0 Å². The number of rotatable bonds is 4. The van der Waals surface area contributed by atoms with Gasteiger partial charge in [-0.05, 0) is 32.4 Å². The van der Waals surface area contributed by atoms with Crippen LogP contribution in [0.4, 0.5) is 4.79 Å². The van der Waals surface area contributed by atoms with Crippen molar-refractivity contribution in [3.8, 4) is 5.75 Å². The Morgan fingerprint density at radius 3 is 2.44 bits per heavy atom. The molecule has 0 aliphatic rings. The van der Waals surface area contributed by atoms with Crippen molar-refractivity contribution in [3.05, 3.63) is 30.3 Å². The molecule has 16 heavy (non-hydrogen) atoms. The molecule has 0 aromatic heterocycles. The fraction of sp³-hybridized carbons (Fsp3) is 0.462. The minimum Gasteiger partial charge on any atom is -0.428 e. The van der Waals surface area contributed by atoms with Crippen molar-refractivity contribution in [2.24, 2.45) is 0 Å². The van der Waals surface area contributed by atoms with Gasteiger partial charge in [0.25, 0.3) is 0 Å². The number of benzene rings is 1. The number of carbonyl (C=O) groups is 1. The van der Waals surface area contributed by atoms with Gasteiger partial charge in [0, 0.05) is 0 Å². The van der Waals surface area contributed by atoms with Gasteiger partial charge in [0.2, 0.25) is 0 Å². The van der Waals surface area contributed by atoms with Crippen molar-refractivity contribution in [1.29, 1.82) is 0 Å².